The van der Waals surface area contributed by atoms with Crippen molar-refractivity contribution in [2.45, 2.75) is 26.3 Å². The van der Waals surface area contributed by atoms with Gasteiger partial charge in [0.2, 0.25) is 0 Å². The van der Waals surface area contributed by atoms with E-state index >= 15 is 0 Å². The zero-order valence-electron chi connectivity index (χ0n) is 11.8. The average Bonchev–Trinajstić information content (AvgIpc) is 2.48. The quantitative estimate of drug-likeness (QED) is 0.827. The lowest BCUT2D eigenvalue weighted by molar-refractivity contribution is -0.909. The van der Waals surface area contributed by atoms with Gasteiger partial charge >= 0.3 is 0 Å². The number of rotatable bonds is 4. The topological polar surface area (TPSA) is 33.5 Å². The number of carbonyl (C=O) groups excluding carboxylic acids is 1. The first-order valence-corrected chi connectivity index (χ1v) is 7.09. The maximum absolute atomic E-state index is 11.8. The van der Waals surface area contributed by atoms with Crippen molar-refractivity contribution in [1.29, 1.82) is 0 Å². The van der Waals surface area contributed by atoms with Gasteiger partial charge in [0.15, 0.2) is 6.04 Å². The third kappa shape index (κ3) is 3.44. The molecule has 1 heterocycles. The summed E-state index contributed by atoms with van der Waals surface area (Å²) in [5, 5.41) is 2.91. The molecule has 1 aliphatic heterocycles. The minimum Gasteiger partial charge on any atom is -0.351 e. The first-order chi connectivity index (χ1) is 9.22. The van der Waals surface area contributed by atoms with E-state index in [0.717, 1.165) is 19.5 Å². The second kappa shape index (κ2) is 6.53. The summed E-state index contributed by atoms with van der Waals surface area (Å²) in [6.45, 7) is 6.65. The maximum atomic E-state index is 11.8. The van der Waals surface area contributed by atoms with Crippen LogP contribution in [0.5, 0.6) is 0 Å². The molecule has 0 bridgehead atoms. The van der Waals surface area contributed by atoms with Crippen LogP contribution in [-0.2, 0) is 4.79 Å². The Hall–Kier alpha value is -1.61. The van der Waals surface area contributed by atoms with Gasteiger partial charge in [-0.3, -0.25) is 4.79 Å². The summed E-state index contributed by atoms with van der Waals surface area (Å²) in [5.74, 6) is 0.161. The summed E-state index contributed by atoms with van der Waals surface area (Å²) in [4.78, 5) is 13.2. The largest absolute Gasteiger partial charge is 0.351 e. The summed E-state index contributed by atoms with van der Waals surface area (Å²) in [7, 11) is 0. The van der Waals surface area contributed by atoms with E-state index in [2.05, 4.69) is 35.7 Å². The van der Waals surface area contributed by atoms with Gasteiger partial charge < -0.3 is 10.2 Å². The van der Waals surface area contributed by atoms with Crippen molar-refractivity contribution >= 4 is 11.5 Å². The standard InChI is InChI=1S/C16H22N2O/c1-3-17-16(19)13(2)18-11-9-15(10-12-18)14-7-5-4-6-8-14/h4-9,13H,3,10-12H2,1-2H3,(H,17,19)/p+1/t13-/m0/s1. The number of hydrogen-bond acceptors (Lipinski definition) is 1. The predicted molar refractivity (Wildman–Crippen MR) is 77.9 cm³/mol. The lowest BCUT2D eigenvalue weighted by atomic mass is 9.99. The lowest BCUT2D eigenvalue weighted by Crippen LogP contribution is -3.17. The molecule has 2 N–H and O–H groups in total. The second-order valence-corrected chi connectivity index (χ2v) is 5.07. The van der Waals surface area contributed by atoms with E-state index in [1.165, 1.54) is 16.0 Å². The molecule has 0 aromatic heterocycles. The minimum atomic E-state index is 0.0357. The summed E-state index contributed by atoms with van der Waals surface area (Å²) in [6, 6.07) is 10.5. The lowest BCUT2D eigenvalue weighted by Gasteiger charge is -2.28. The molecule has 2 atom stereocenters. The second-order valence-electron chi connectivity index (χ2n) is 5.07. The van der Waals surface area contributed by atoms with E-state index in [-0.39, 0.29) is 11.9 Å². The summed E-state index contributed by atoms with van der Waals surface area (Å²) in [5.41, 5.74) is 2.72. The third-order valence-electron chi connectivity index (χ3n) is 3.83. The van der Waals surface area contributed by atoms with Crippen molar-refractivity contribution in [3.63, 3.8) is 0 Å². The smallest absolute Gasteiger partial charge is 0.278 e. The Balaban J connectivity index is 1.98. The van der Waals surface area contributed by atoms with Crippen molar-refractivity contribution < 1.29 is 9.69 Å². The molecule has 1 aromatic carbocycles. The average molecular weight is 259 g/mol. The zero-order valence-corrected chi connectivity index (χ0v) is 11.8. The summed E-state index contributed by atoms with van der Waals surface area (Å²) < 4.78 is 0. The Bertz CT molecular complexity index is 453. The van der Waals surface area contributed by atoms with Gasteiger partial charge in [0, 0.05) is 13.0 Å². The Morgan fingerprint density at radius 2 is 2.11 bits per heavy atom. The van der Waals surface area contributed by atoms with Gasteiger partial charge in [0.25, 0.3) is 5.91 Å². The predicted octanol–water partition coefficient (Wildman–Crippen LogP) is 0.883. The highest BCUT2D eigenvalue weighted by molar-refractivity contribution is 5.79. The summed E-state index contributed by atoms with van der Waals surface area (Å²) >= 11 is 0. The molecule has 3 nitrogen and oxygen atoms in total. The molecular formula is C16H23N2O+. The number of nitrogens with one attached hydrogen (secondary N) is 2. The zero-order chi connectivity index (χ0) is 13.7. The minimum absolute atomic E-state index is 0.0357. The molecule has 3 heteroatoms. The van der Waals surface area contributed by atoms with Gasteiger partial charge in [0.1, 0.15) is 0 Å². The highest BCUT2D eigenvalue weighted by atomic mass is 16.2. The maximum Gasteiger partial charge on any atom is 0.278 e. The van der Waals surface area contributed by atoms with Crippen LogP contribution in [0.4, 0.5) is 0 Å². The molecule has 0 saturated heterocycles. The number of hydrogen-bond donors (Lipinski definition) is 2. The fourth-order valence-electron chi connectivity index (χ4n) is 2.57. The molecular weight excluding hydrogens is 236 g/mol. The van der Waals surface area contributed by atoms with Crippen LogP contribution in [0.1, 0.15) is 25.8 Å². The number of amides is 1. The molecule has 1 unspecified atom stereocenters. The van der Waals surface area contributed by atoms with Crippen LogP contribution in [-0.4, -0.2) is 31.6 Å². The van der Waals surface area contributed by atoms with Gasteiger partial charge in [-0.05, 0) is 31.1 Å². The van der Waals surface area contributed by atoms with E-state index in [0.29, 0.717) is 6.54 Å². The number of likely N-dealkylation sites (N-methyl/N-ethyl adjacent to an activating group) is 1. The Morgan fingerprint density at radius 1 is 1.37 bits per heavy atom. The molecule has 1 amide bonds. The molecule has 0 spiro atoms. The fourth-order valence-corrected chi connectivity index (χ4v) is 2.57. The van der Waals surface area contributed by atoms with Crippen molar-refractivity contribution in [2.24, 2.45) is 0 Å². The number of quaternary nitrogens is 1. The molecule has 1 aliphatic rings. The molecule has 102 valence electrons. The van der Waals surface area contributed by atoms with E-state index in [1.54, 1.807) is 0 Å². The fraction of sp³-hybridized carbons (Fsp3) is 0.438. The third-order valence-corrected chi connectivity index (χ3v) is 3.83. The van der Waals surface area contributed by atoms with E-state index in [9.17, 15) is 4.79 Å². The highest BCUT2D eigenvalue weighted by Gasteiger charge is 2.26. The normalized spacial score (nSPS) is 20.5. The van der Waals surface area contributed by atoms with Gasteiger partial charge in [-0.1, -0.05) is 30.3 Å². The van der Waals surface area contributed by atoms with Crippen molar-refractivity contribution in [3.05, 3.63) is 42.0 Å². The van der Waals surface area contributed by atoms with Crippen LogP contribution in [0, 0.1) is 0 Å². The first kappa shape index (κ1) is 13.8. The number of benzene rings is 1. The van der Waals surface area contributed by atoms with E-state index in [1.807, 2.05) is 19.9 Å². The van der Waals surface area contributed by atoms with Crippen LogP contribution < -0.4 is 10.2 Å². The number of carbonyl (C=O) groups is 1. The van der Waals surface area contributed by atoms with Crippen molar-refractivity contribution in [2.75, 3.05) is 19.6 Å². The monoisotopic (exact) mass is 259 g/mol. The molecule has 2 rings (SSSR count). The van der Waals surface area contributed by atoms with Crippen LogP contribution >= 0.6 is 0 Å². The van der Waals surface area contributed by atoms with Crippen LogP contribution in [0.25, 0.3) is 5.57 Å². The Labute approximate surface area is 115 Å². The molecule has 0 aliphatic carbocycles. The molecule has 0 fully saturated rings. The molecule has 0 radical (unpaired) electrons. The van der Waals surface area contributed by atoms with E-state index in [4.69, 9.17) is 0 Å². The molecule has 1 aromatic rings. The molecule has 19 heavy (non-hydrogen) atoms. The van der Waals surface area contributed by atoms with Crippen molar-refractivity contribution in [1.82, 2.24) is 5.32 Å². The first-order valence-electron chi connectivity index (χ1n) is 7.09. The van der Waals surface area contributed by atoms with Crippen LogP contribution in [0.3, 0.4) is 0 Å². The van der Waals surface area contributed by atoms with Crippen molar-refractivity contribution in [3.8, 4) is 0 Å². The van der Waals surface area contributed by atoms with Gasteiger partial charge in [-0.2, -0.15) is 0 Å². The van der Waals surface area contributed by atoms with Gasteiger partial charge in [-0.25, -0.2) is 0 Å². The van der Waals surface area contributed by atoms with Gasteiger partial charge in [-0.15, -0.1) is 0 Å². The van der Waals surface area contributed by atoms with E-state index < -0.39 is 0 Å². The van der Waals surface area contributed by atoms with Crippen LogP contribution in [0.2, 0.25) is 0 Å². The molecule has 0 saturated carbocycles. The van der Waals surface area contributed by atoms with Gasteiger partial charge in [0.05, 0.1) is 13.1 Å². The van der Waals surface area contributed by atoms with Crippen LogP contribution in [0.15, 0.2) is 36.4 Å². The summed E-state index contributed by atoms with van der Waals surface area (Å²) in [6.07, 6.45) is 3.33. The SMILES string of the molecule is CCNC(=O)[C@H](C)[NH+]1CC=C(c2ccccc2)CC1. The Kier molecular flexibility index (Phi) is 4.74. The Morgan fingerprint density at radius 3 is 2.68 bits per heavy atom. The highest BCUT2D eigenvalue weighted by Crippen LogP contribution is 2.17.